The number of hydrogen-bond acceptors (Lipinski definition) is 2. The van der Waals surface area contributed by atoms with Gasteiger partial charge in [-0.2, -0.15) is 0 Å². The Morgan fingerprint density at radius 2 is 1.59 bits per heavy atom. The van der Waals surface area contributed by atoms with Crippen molar-refractivity contribution in [2.75, 3.05) is 5.32 Å². The Labute approximate surface area is 130 Å². The fourth-order valence-electron chi connectivity index (χ4n) is 1.99. The number of carbonyl (C=O) groups excluding carboxylic acids is 2. The van der Waals surface area contributed by atoms with Gasteiger partial charge in [-0.15, -0.1) is 0 Å². The first-order chi connectivity index (χ1) is 10.5. The molecule has 0 saturated carbocycles. The van der Waals surface area contributed by atoms with E-state index in [-0.39, 0.29) is 17.9 Å². The van der Waals surface area contributed by atoms with Crippen molar-refractivity contribution >= 4 is 17.5 Å². The minimum atomic E-state index is -0.193. The van der Waals surface area contributed by atoms with E-state index in [0.717, 1.165) is 5.56 Å². The van der Waals surface area contributed by atoms with E-state index in [4.69, 9.17) is 0 Å². The largest absolute Gasteiger partial charge is 0.350 e. The van der Waals surface area contributed by atoms with Crippen molar-refractivity contribution in [3.63, 3.8) is 0 Å². The molecule has 2 aromatic carbocycles. The van der Waals surface area contributed by atoms with Crippen LogP contribution in [0.4, 0.5) is 5.69 Å². The van der Waals surface area contributed by atoms with Crippen LogP contribution >= 0.6 is 0 Å². The lowest BCUT2D eigenvalue weighted by molar-refractivity contribution is 0.0942. The van der Waals surface area contributed by atoms with E-state index in [9.17, 15) is 9.59 Å². The Hall–Kier alpha value is -2.62. The van der Waals surface area contributed by atoms with Crippen LogP contribution in [0, 0.1) is 6.92 Å². The van der Waals surface area contributed by atoms with Crippen LogP contribution in [-0.4, -0.2) is 17.9 Å². The predicted molar refractivity (Wildman–Crippen MR) is 88.2 cm³/mol. The van der Waals surface area contributed by atoms with Crippen molar-refractivity contribution in [3.05, 3.63) is 65.2 Å². The molecule has 0 spiro atoms. The number of nitrogens with one attached hydrogen (secondary N) is 2. The average Bonchev–Trinajstić information content (AvgIpc) is 2.47. The standard InChI is InChI=1S/C18H20N2O2/c1-12(2)19-18(22)15-5-4-6-16(11-15)20-17(21)14-9-7-13(3)8-10-14/h4-12H,1-3H3,(H,19,22)(H,20,21). The Morgan fingerprint density at radius 1 is 0.909 bits per heavy atom. The molecule has 0 bridgehead atoms. The number of amides is 2. The first kappa shape index (κ1) is 15.8. The summed E-state index contributed by atoms with van der Waals surface area (Å²) in [6.45, 7) is 5.78. The molecule has 114 valence electrons. The highest BCUT2D eigenvalue weighted by Gasteiger charge is 2.09. The third kappa shape index (κ3) is 4.19. The molecule has 2 amide bonds. The zero-order valence-corrected chi connectivity index (χ0v) is 13.0. The van der Waals surface area contributed by atoms with E-state index >= 15 is 0 Å². The summed E-state index contributed by atoms with van der Waals surface area (Å²) in [5.41, 5.74) is 2.81. The van der Waals surface area contributed by atoms with Crippen LogP contribution in [0.2, 0.25) is 0 Å². The van der Waals surface area contributed by atoms with Crippen LogP contribution in [0.1, 0.15) is 40.1 Å². The van der Waals surface area contributed by atoms with E-state index < -0.39 is 0 Å². The second kappa shape index (κ2) is 6.89. The molecule has 0 aliphatic heterocycles. The molecule has 2 N–H and O–H groups in total. The molecule has 0 radical (unpaired) electrons. The fraction of sp³-hybridized carbons (Fsp3) is 0.222. The molecule has 0 aliphatic rings. The third-order valence-electron chi connectivity index (χ3n) is 3.12. The van der Waals surface area contributed by atoms with E-state index in [2.05, 4.69) is 10.6 Å². The van der Waals surface area contributed by atoms with Crippen LogP contribution in [0.15, 0.2) is 48.5 Å². The Morgan fingerprint density at radius 3 is 2.23 bits per heavy atom. The number of hydrogen-bond donors (Lipinski definition) is 2. The second-order valence-electron chi connectivity index (χ2n) is 5.53. The molecule has 0 fully saturated rings. The Balaban J connectivity index is 2.11. The van der Waals surface area contributed by atoms with Crippen LogP contribution in [-0.2, 0) is 0 Å². The van der Waals surface area contributed by atoms with E-state index in [0.29, 0.717) is 16.8 Å². The molecule has 4 nitrogen and oxygen atoms in total. The summed E-state index contributed by atoms with van der Waals surface area (Å²) in [4.78, 5) is 24.1. The van der Waals surface area contributed by atoms with Gasteiger partial charge in [0.15, 0.2) is 0 Å². The molecule has 0 aliphatic carbocycles. The first-order valence-corrected chi connectivity index (χ1v) is 7.24. The first-order valence-electron chi connectivity index (χ1n) is 7.24. The van der Waals surface area contributed by atoms with Crippen molar-refractivity contribution in [2.45, 2.75) is 26.8 Å². The number of carbonyl (C=O) groups is 2. The van der Waals surface area contributed by atoms with Crippen molar-refractivity contribution in [1.29, 1.82) is 0 Å². The second-order valence-corrected chi connectivity index (χ2v) is 5.53. The maximum absolute atomic E-state index is 12.2. The summed E-state index contributed by atoms with van der Waals surface area (Å²) in [6, 6.07) is 14.3. The van der Waals surface area contributed by atoms with Gasteiger partial charge in [0.05, 0.1) is 0 Å². The number of rotatable bonds is 4. The van der Waals surface area contributed by atoms with Gasteiger partial charge < -0.3 is 10.6 Å². The summed E-state index contributed by atoms with van der Waals surface area (Å²) >= 11 is 0. The molecule has 0 aromatic heterocycles. The lowest BCUT2D eigenvalue weighted by atomic mass is 10.1. The molecule has 4 heteroatoms. The summed E-state index contributed by atoms with van der Waals surface area (Å²) in [6.07, 6.45) is 0. The highest BCUT2D eigenvalue weighted by atomic mass is 16.2. The summed E-state index contributed by atoms with van der Waals surface area (Å²) in [7, 11) is 0. The van der Waals surface area contributed by atoms with Gasteiger partial charge >= 0.3 is 0 Å². The summed E-state index contributed by atoms with van der Waals surface area (Å²) in [5, 5.41) is 5.63. The molecular weight excluding hydrogens is 276 g/mol. The number of anilines is 1. The SMILES string of the molecule is Cc1ccc(C(=O)Nc2cccc(C(=O)NC(C)C)c2)cc1. The van der Waals surface area contributed by atoms with Gasteiger partial charge in [-0.1, -0.05) is 23.8 Å². The maximum atomic E-state index is 12.2. The minimum absolute atomic E-state index is 0.0679. The lowest BCUT2D eigenvalue weighted by Crippen LogP contribution is -2.30. The smallest absolute Gasteiger partial charge is 0.255 e. The molecule has 2 rings (SSSR count). The van der Waals surface area contributed by atoms with E-state index in [1.807, 2.05) is 32.9 Å². The zero-order chi connectivity index (χ0) is 16.1. The van der Waals surface area contributed by atoms with Crippen LogP contribution < -0.4 is 10.6 Å². The Kier molecular flexibility index (Phi) is 4.94. The van der Waals surface area contributed by atoms with Gasteiger partial charge in [0.2, 0.25) is 0 Å². The fourth-order valence-corrected chi connectivity index (χ4v) is 1.99. The van der Waals surface area contributed by atoms with Gasteiger partial charge in [-0.05, 0) is 51.1 Å². The van der Waals surface area contributed by atoms with Crippen LogP contribution in [0.5, 0.6) is 0 Å². The predicted octanol–water partition coefficient (Wildman–Crippen LogP) is 3.39. The molecule has 0 saturated heterocycles. The maximum Gasteiger partial charge on any atom is 0.255 e. The van der Waals surface area contributed by atoms with E-state index in [1.165, 1.54) is 0 Å². The molecule has 2 aromatic rings. The Bertz CT molecular complexity index is 676. The molecule has 0 unspecified atom stereocenters. The van der Waals surface area contributed by atoms with Crippen molar-refractivity contribution in [2.24, 2.45) is 0 Å². The topological polar surface area (TPSA) is 58.2 Å². The summed E-state index contributed by atoms with van der Waals surface area (Å²) < 4.78 is 0. The quantitative estimate of drug-likeness (QED) is 0.908. The number of benzene rings is 2. The third-order valence-corrected chi connectivity index (χ3v) is 3.12. The molecular formula is C18H20N2O2. The molecule has 0 atom stereocenters. The van der Waals surface area contributed by atoms with Gasteiger partial charge in [-0.25, -0.2) is 0 Å². The normalized spacial score (nSPS) is 10.4. The van der Waals surface area contributed by atoms with Gasteiger partial charge in [0.25, 0.3) is 11.8 Å². The summed E-state index contributed by atoms with van der Waals surface area (Å²) in [5.74, 6) is -0.345. The minimum Gasteiger partial charge on any atom is -0.350 e. The zero-order valence-electron chi connectivity index (χ0n) is 13.0. The molecule has 0 heterocycles. The highest BCUT2D eigenvalue weighted by molar-refractivity contribution is 6.05. The van der Waals surface area contributed by atoms with Crippen molar-refractivity contribution in [1.82, 2.24) is 5.32 Å². The van der Waals surface area contributed by atoms with Gasteiger partial charge in [0.1, 0.15) is 0 Å². The van der Waals surface area contributed by atoms with E-state index in [1.54, 1.807) is 36.4 Å². The number of aryl methyl sites for hydroxylation is 1. The van der Waals surface area contributed by atoms with Crippen molar-refractivity contribution < 1.29 is 9.59 Å². The monoisotopic (exact) mass is 296 g/mol. The van der Waals surface area contributed by atoms with Crippen LogP contribution in [0.25, 0.3) is 0 Å². The van der Waals surface area contributed by atoms with Crippen LogP contribution in [0.3, 0.4) is 0 Å². The van der Waals surface area contributed by atoms with Crippen molar-refractivity contribution in [3.8, 4) is 0 Å². The van der Waals surface area contributed by atoms with Gasteiger partial charge in [-0.3, -0.25) is 9.59 Å². The average molecular weight is 296 g/mol. The lowest BCUT2D eigenvalue weighted by Gasteiger charge is -2.10. The van der Waals surface area contributed by atoms with Gasteiger partial charge in [0, 0.05) is 22.9 Å². The highest BCUT2D eigenvalue weighted by Crippen LogP contribution is 2.13. The molecule has 22 heavy (non-hydrogen) atoms.